The summed E-state index contributed by atoms with van der Waals surface area (Å²) in [5, 5.41) is 0.253. The van der Waals surface area contributed by atoms with Crippen LogP contribution in [0, 0.1) is 5.82 Å². The van der Waals surface area contributed by atoms with Crippen LogP contribution in [0.4, 0.5) is 4.39 Å². The Hall–Kier alpha value is -0.350. The Balaban J connectivity index is 3.20. The summed E-state index contributed by atoms with van der Waals surface area (Å²) in [6.45, 7) is 0.194. The normalized spacial score (nSPS) is 13.0. The van der Waals surface area contributed by atoms with Crippen molar-refractivity contribution in [2.24, 2.45) is 11.5 Å². The largest absolute Gasteiger partial charge is 0.329 e. The van der Waals surface area contributed by atoms with Gasteiger partial charge in [-0.15, -0.1) is 0 Å². The first-order chi connectivity index (χ1) is 6.06. The van der Waals surface area contributed by atoms with Crippen molar-refractivity contribution >= 4 is 23.2 Å². The molecule has 2 nitrogen and oxygen atoms in total. The molecule has 0 saturated heterocycles. The molecule has 0 aliphatic heterocycles. The second-order valence-corrected chi connectivity index (χ2v) is 3.45. The third-order valence-corrected chi connectivity index (χ3v) is 2.29. The van der Waals surface area contributed by atoms with E-state index in [1.807, 2.05) is 0 Å². The van der Waals surface area contributed by atoms with E-state index in [2.05, 4.69) is 0 Å². The average molecular weight is 223 g/mol. The zero-order valence-electron chi connectivity index (χ0n) is 6.73. The van der Waals surface area contributed by atoms with E-state index in [1.165, 1.54) is 6.07 Å². The average Bonchev–Trinajstić information content (AvgIpc) is 2.10. The van der Waals surface area contributed by atoms with Crippen molar-refractivity contribution in [3.8, 4) is 0 Å². The Morgan fingerprint density at radius 1 is 1.38 bits per heavy atom. The number of hydrogen-bond donors (Lipinski definition) is 2. The van der Waals surface area contributed by atoms with Crippen molar-refractivity contribution < 1.29 is 4.39 Å². The van der Waals surface area contributed by atoms with Crippen molar-refractivity contribution in [2.45, 2.75) is 6.04 Å². The predicted molar refractivity (Wildman–Crippen MR) is 52.4 cm³/mol. The van der Waals surface area contributed by atoms with Gasteiger partial charge in [-0.2, -0.15) is 0 Å². The van der Waals surface area contributed by atoms with E-state index >= 15 is 0 Å². The molecule has 0 fully saturated rings. The third-order valence-electron chi connectivity index (χ3n) is 1.67. The monoisotopic (exact) mass is 222 g/mol. The second kappa shape index (κ2) is 4.24. The maximum Gasteiger partial charge on any atom is 0.143 e. The van der Waals surface area contributed by atoms with Crippen LogP contribution in [0.2, 0.25) is 10.0 Å². The molecule has 5 heteroatoms. The standard InChI is InChI=1S/C8H9Cl2FN2/c9-4-1-5(7(13)3-12)8(10)6(11)2-4/h1-2,7H,3,12-13H2/t7-/m0/s1. The van der Waals surface area contributed by atoms with Crippen molar-refractivity contribution in [3.05, 3.63) is 33.6 Å². The van der Waals surface area contributed by atoms with Gasteiger partial charge in [0.05, 0.1) is 5.02 Å². The van der Waals surface area contributed by atoms with Crippen LogP contribution in [-0.4, -0.2) is 6.54 Å². The van der Waals surface area contributed by atoms with Crippen molar-refractivity contribution in [2.75, 3.05) is 6.54 Å². The minimum Gasteiger partial charge on any atom is -0.329 e. The Morgan fingerprint density at radius 2 is 2.00 bits per heavy atom. The molecule has 0 radical (unpaired) electrons. The number of hydrogen-bond acceptors (Lipinski definition) is 2. The smallest absolute Gasteiger partial charge is 0.143 e. The Labute approximate surface area is 85.6 Å². The van der Waals surface area contributed by atoms with Crippen LogP contribution >= 0.6 is 23.2 Å². The molecule has 0 aliphatic carbocycles. The van der Waals surface area contributed by atoms with Gasteiger partial charge in [0, 0.05) is 17.6 Å². The van der Waals surface area contributed by atoms with Crippen LogP contribution in [0.5, 0.6) is 0 Å². The number of nitrogens with two attached hydrogens (primary N) is 2. The second-order valence-electron chi connectivity index (χ2n) is 2.63. The third kappa shape index (κ3) is 2.31. The highest BCUT2D eigenvalue weighted by molar-refractivity contribution is 6.33. The van der Waals surface area contributed by atoms with E-state index < -0.39 is 11.9 Å². The van der Waals surface area contributed by atoms with Crippen molar-refractivity contribution in [1.82, 2.24) is 0 Å². The number of benzene rings is 1. The summed E-state index contributed by atoms with van der Waals surface area (Å²) in [6, 6.07) is 2.17. The molecule has 0 bridgehead atoms. The fourth-order valence-corrected chi connectivity index (χ4v) is 1.44. The van der Waals surface area contributed by atoms with Gasteiger partial charge in [-0.05, 0) is 17.7 Å². The van der Waals surface area contributed by atoms with Gasteiger partial charge in [-0.3, -0.25) is 0 Å². The van der Waals surface area contributed by atoms with Gasteiger partial charge >= 0.3 is 0 Å². The van der Waals surface area contributed by atoms with Gasteiger partial charge in [0.25, 0.3) is 0 Å². The maximum atomic E-state index is 13.0. The zero-order chi connectivity index (χ0) is 10.0. The molecule has 0 unspecified atom stereocenters. The first-order valence-corrected chi connectivity index (χ1v) is 4.42. The lowest BCUT2D eigenvalue weighted by Crippen LogP contribution is -2.21. The van der Waals surface area contributed by atoms with E-state index in [9.17, 15) is 4.39 Å². The maximum absolute atomic E-state index is 13.0. The zero-order valence-corrected chi connectivity index (χ0v) is 8.24. The summed E-state index contributed by atoms with van der Waals surface area (Å²) in [5.74, 6) is -0.576. The highest BCUT2D eigenvalue weighted by Crippen LogP contribution is 2.27. The molecule has 0 amide bonds. The molecule has 4 N–H and O–H groups in total. The molecule has 1 aromatic carbocycles. The lowest BCUT2D eigenvalue weighted by atomic mass is 10.1. The van der Waals surface area contributed by atoms with Gasteiger partial charge < -0.3 is 11.5 Å². The summed E-state index contributed by atoms with van der Waals surface area (Å²) < 4.78 is 13.0. The number of rotatable bonds is 2. The Kier molecular flexibility index (Phi) is 3.50. The SMILES string of the molecule is NC[C@H](N)c1cc(Cl)cc(F)c1Cl. The van der Waals surface area contributed by atoms with Crippen molar-refractivity contribution in [1.29, 1.82) is 0 Å². The molecular formula is C8H9Cl2FN2. The van der Waals surface area contributed by atoms with Crippen LogP contribution in [0.3, 0.4) is 0 Å². The highest BCUT2D eigenvalue weighted by atomic mass is 35.5. The van der Waals surface area contributed by atoms with Crippen LogP contribution in [0.15, 0.2) is 12.1 Å². The van der Waals surface area contributed by atoms with Crippen molar-refractivity contribution in [3.63, 3.8) is 0 Å². The van der Waals surface area contributed by atoms with Crippen LogP contribution in [0.1, 0.15) is 11.6 Å². The topological polar surface area (TPSA) is 52.0 Å². The summed E-state index contributed by atoms with van der Waals surface area (Å²) in [7, 11) is 0. The van der Waals surface area contributed by atoms with Crippen LogP contribution < -0.4 is 11.5 Å². The first kappa shape index (κ1) is 10.7. The van der Waals surface area contributed by atoms with Gasteiger partial charge in [0.2, 0.25) is 0 Å². The molecule has 0 saturated carbocycles. The molecule has 0 aliphatic rings. The fraction of sp³-hybridized carbons (Fsp3) is 0.250. The molecule has 0 heterocycles. The summed E-state index contributed by atoms with van der Waals surface area (Å²) in [5.41, 5.74) is 11.4. The quantitative estimate of drug-likeness (QED) is 0.754. The molecule has 1 rings (SSSR count). The lowest BCUT2D eigenvalue weighted by Gasteiger charge is -2.11. The lowest BCUT2D eigenvalue weighted by molar-refractivity contribution is 0.620. The minimum absolute atomic E-state index is 0.0117. The van der Waals surface area contributed by atoms with E-state index in [0.29, 0.717) is 5.56 Å². The van der Waals surface area contributed by atoms with Gasteiger partial charge in [-0.1, -0.05) is 23.2 Å². The van der Waals surface area contributed by atoms with Crippen LogP contribution in [0.25, 0.3) is 0 Å². The highest BCUT2D eigenvalue weighted by Gasteiger charge is 2.13. The summed E-state index contributed by atoms with van der Waals surface area (Å²) >= 11 is 11.3. The molecule has 0 aromatic heterocycles. The van der Waals surface area contributed by atoms with E-state index in [1.54, 1.807) is 0 Å². The number of halogens is 3. The van der Waals surface area contributed by atoms with Crippen LogP contribution in [-0.2, 0) is 0 Å². The predicted octanol–water partition coefficient (Wildman–Crippen LogP) is 2.09. The minimum atomic E-state index is -0.576. The Morgan fingerprint density at radius 3 is 2.54 bits per heavy atom. The molecule has 1 aromatic rings. The van der Waals surface area contributed by atoms with Gasteiger partial charge in [0.1, 0.15) is 5.82 Å². The fourth-order valence-electron chi connectivity index (χ4n) is 0.973. The van der Waals surface area contributed by atoms with E-state index in [-0.39, 0.29) is 16.6 Å². The Bertz CT molecular complexity index is 317. The summed E-state index contributed by atoms with van der Waals surface area (Å²) in [6.07, 6.45) is 0. The molecule has 1 atom stereocenters. The molecule has 0 spiro atoms. The van der Waals surface area contributed by atoms with Gasteiger partial charge in [-0.25, -0.2) is 4.39 Å². The molecule has 72 valence electrons. The summed E-state index contributed by atoms with van der Waals surface area (Å²) in [4.78, 5) is 0. The first-order valence-electron chi connectivity index (χ1n) is 3.66. The molecular weight excluding hydrogens is 214 g/mol. The van der Waals surface area contributed by atoms with E-state index in [0.717, 1.165) is 6.07 Å². The van der Waals surface area contributed by atoms with Gasteiger partial charge in [0.15, 0.2) is 0 Å². The van der Waals surface area contributed by atoms with E-state index in [4.69, 9.17) is 34.7 Å². The molecule has 13 heavy (non-hydrogen) atoms.